The predicted octanol–water partition coefficient (Wildman–Crippen LogP) is 3.50. The number of fused-ring (bicyclic) bond motifs is 1. The van der Waals surface area contributed by atoms with Crippen LogP contribution in [0.4, 0.5) is 8.78 Å². The molecule has 22 heavy (non-hydrogen) atoms. The minimum Gasteiger partial charge on any atom is -0.371 e. The molecule has 0 saturated heterocycles. The molecule has 0 N–H and O–H groups in total. The van der Waals surface area contributed by atoms with E-state index in [2.05, 4.69) is 15.2 Å². The quantitative estimate of drug-likeness (QED) is 0.733. The molecule has 0 saturated carbocycles. The molecule has 0 amide bonds. The van der Waals surface area contributed by atoms with E-state index in [4.69, 9.17) is 9.26 Å². The van der Waals surface area contributed by atoms with E-state index in [1.54, 1.807) is 20.2 Å². The average Bonchev–Trinajstić information content (AvgIpc) is 3.14. The highest BCUT2D eigenvalue weighted by Gasteiger charge is 2.28. The SMILES string of the molecule is COC(C)(C)c1noc(-c2cc3c(C(F)F)nn(C)c3s2)n1. The Balaban J connectivity index is 2.06. The molecule has 6 nitrogen and oxygen atoms in total. The largest absolute Gasteiger partial charge is 0.371 e. The first-order valence-corrected chi connectivity index (χ1v) is 7.29. The molecule has 0 aromatic carbocycles. The molecule has 0 bridgehead atoms. The third kappa shape index (κ3) is 2.30. The van der Waals surface area contributed by atoms with Gasteiger partial charge in [-0.25, -0.2) is 8.78 Å². The molecule has 118 valence electrons. The topological polar surface area (TPSA) is 66.0 Å². The van der Waals surface area contributed by atoms with Crippen LogP contribution in [0, 0.1) is 0 Å². The van der Waals surface area contributed by atoms with Gasteiger partial charge in [0.15, 0.2) is 0 Å². The van der Waals surface area contributed by atoms with Crippen LogP contribution in [0.2, 0.25) is 0 Å². The van der Waals surface area contributed by atoms with Gasteiger partial charge in [-0.15, -0.1) is 11.3 Å². The molecule has 3 heterocycles. The number of aromatic nitrogens is 4. The monoisotopic (exact) mass is 328 g/mol. The number of alkyl halides is 2. The number of ether oxygens (including phenoxy) is 1. The summed E-state index contributed by atoms with van der Waals surface area (Å²) in [6.07, 6.45) is -2.63. The second-order valence-electron chi connectivity index (χ2n) is 5.28. The van der Waals surface area contributed by atoms with Crippen LogP contribution >= 0.6 is 11.3 Å². The van der Waals surface area contributed by atoms with E-state index in [0.717, 1.165) is 0 Å². The van der Waals surface area contributed by atoms with Crippen molar-refractivity contribution in [1.82, 2.24) is 19.9 Å². The summed E-state index contributed by atoms with van der Waals surface area (Å²) in [6, 6.07) is 1.60. The van der Waals surface area contributed by atoms with Crippen LogP contribution in [-0.2, 0) is 17.4 Å². The number of hydrogen-bond donors (Lipinski definition) is 0. The van der Waals surface area contributed by atoms with E-state index in [0.29, 0.717) is 20.9 Å². The molecule has 0 spiro atoms. The fourth-order valence-corrected chi connectivity index (χ4v) is 2.99. The minimum atomic E-state index is -2.63. The van der Waals surface area contributed by atoms with Gasteiger partial charge in [0, 0.05) is 19.5 Å². The summed E-state index contributed by atoms with van der Waals surface area (Å²) >= 11 is 1.28. The van der Waals surface area contributed by atoms with Crippen LogP contribution in [0.15, 0.2) is 10.6 Å². The number of aryl methyl sites for hydroxylation is 1. The molecular formula is C13H14F2N4O2S. The van der Waals surface area contributed by atoms with E-state index in [9.17, 15) is 8.78 Å². The van der Waals surface area contributed by atoms with Gasteiger partial charge < -0.3 is 9.26 Å². The van der Waals surface area contributed by atoms with Crippen molar-refractivity contribution in [2.75, 3.05) is 7.11 Å². The lowest BCUT2D eigenvalue weighted by atomic mass is 10.1. The zero-order valence-electron chi connectivity index (χ0n) is 12.4. The highest BCUT2D eigenvalue weighted by molar-refractivity contribution is 7.21. The molecule has 3 aromatic rings. The van der Waals surface area contributed by atoms with Gasteiger partial charge in [0.05, 0.1) is 4.88 Å². The van der Waals surface area contributed by atoms with Crippen molar-refractivity contribution in [3.8, 4) is 10.8 Å². The summed E-state index contributed by atoms with van der Waals surface area (Å²) in [5, 5.41) is 8.13. The molecule has 0 radical (unpaired) electrons. The Bertz CT molecular complexity index is 821. The van der Waals surface area contributed by atoms with E-state index in [1.807, 2.05) is 13.8 Å². The maximum atomic E-state index is 13.0. The van der Waals surface area contributed by atoms with Crippen molar-refractivity contribution >= 4 is 21.6 Å². The molecular weight excluding hydrogens is 314 g/mol. The molecule has 0 aliphatic carbocycles. The summed E-state index contributed by atoms with van der Waals surface area (Å²) in [7, 11) is 3.18. The van der Waals surface area contributed by atoms with Gasteiger partial charge in [0.1, 0.15) is 16.1 Å². The van der Waals surface area contributed by atoms with Crippen LogP contribution in [-0.4, -0.2) is 27.0 Å². The first-order valence-electron chi connectivity index (χ1n) is 6.48. The zero-order chi connectivity index (χ0) is 16.1. The summed E-state index contributed by atoms with van der Waals surface area (Å²) < 4.78 is 37.9. The van der Waals surface area contributed by atoms with Crippen LogP contribution < -0.4 is 0 Å². The summed E-state index contributed by atoms with van der Waals surface area (Å²) in [6.45, 7) is 3.62. The van der Waals surface area contributed by atoms with E-state index < -0.39 is 12.0 Å². The van der Waals surface area contributed by atoms with Crippen molar-refractivity contribution in [2.24, 2.45) is 7.05 Å². The summed E-state index contributed by atoms with van der Waals surface area (Å²) in [4.78, 5) is 5.55. The molecule has 9 heteroatoms. The Morgan fingerprint density at radius 3 is 2.77 bits per heavy atom. The number of thiophene rings is 1. The van der Waals surface area contributed by atoms with Gasteiger partial charge in [-0.05, 0) is 19.9 Å². The predicted molar refractivity (Wildman–Crippen MR) is 76.9 cm³/mol. The second-order valence-corrected chi connectivity index (χ2v) is 6.31. The standard InChI is InChI=1S/C13H14F2N4O2S/c1-13(2,20-4)12-16-10(21-18-12)7-5-6-8(9(14)15)17-19(3)11(6)22-7/h5,9H,1-4H3. The van der Waals surface area contributed by atoms with Gasteiger partial charge >= 0.3 is 0 Å². The number of hydrogen-bond acceptors (Lipinski definition) is 6. The van der Waals surface area contributed by atoms with Gasteiger partial charge in [-0.1, -0.05) is 5.16 Å². The smallest absolute Gasteiger partial charge is 0.282 e. The number of rotatable bonds is 4. The fourth-order valence-electron chi connectivity index (χ4n) is 1.99. The molecule has 0 atom stereocenters. The Labute approximate surface area is 128 Å². The molecule has 0 aliphatic rings. The van der Waals surface area contributed by atoms with Gasteiger partial charge in [-0.2, -0.15) is 10.1 Å². The third-order valence-electron chi connectivity index (χ3n) is 3.43. The van der Waals surface area contributed by atoms with Crippen LogP contribution in [0.25, 0.3) is 21.0 Å². The van der Waals surface area contributed by atoms with Crippen molar-refractivity contribution in [1.29, 1.82) is 0 Å². The first-order chi connectivity index (χ1) is 10.3. The summed E-state index contributed by atoms with van der Waals surface area (Å²) in [5.74, 6) is 0.677. The zero-order valence-corrected chi connectivity index (χ0v) is 13.2. The lowest BCUT2D eigenvalue weighted by Gasteiger charge is -2.17. The van der Waals surface area contributed by atoms with Crippen LogP contribution in [0.3, 0.4) is 0 Å². The number of nitrogens with zero attached hydrogens (tertiary/aromatic N) is 4. The number of halogens is 2. The third-order valence-corrected chi connectivity index (χ3v) is 4.62. The van der Waals surface area contributed by atoms with Crippen LogP contribution in [0.1, 0.15) is 31.8 Å². The minimum absolute atomic E-state index is 0.239. The summed E-state index contributed by atoms with van der Waals surface area (Å²) in [5.41, 5.74) is -0.925. The second kappa shape index (κ2) is 5.10. The molecule has 0 fully saturated rings. The number of methoxy groups -OCH3 is 1. The Hall–Kier alpha value is -1.87. The maximum Gasteiger partial charge on any atom is 0.282 e. The molecule has 0 aliphatic heterocycles. The van der Waals surface area contributed by atoms with Crippen molar-refractivity contribution < 1.29 is 18.0 Å². The van der Waals surface area contributed by atoms with Gasteiger partial charge in [0.25, 0.3) is 12.3 Å². The average molecular weight is 328 g/mol. The van der Waals surface area contributed by atoms with Crippen LogP contribution in [0.5, 0.6) is 0 Å². The van der Waals surface area contributed by atoms with E-state index in [-0.39, 0.29) is 11.6 Å². The normalized spacial score (nSPS) is 12.7. The maximum absolute atomic E-state index is 13.0. The Kier molecular flexibility index (Phi) is 3.48. The van der Waals surface area contributed by atoms with E-state index >= 15 is 0 Å². The van der Waals surface area contributed by atoms with Gasteiger partial charge in [0.2, 0.25) is 5.82 Å². The van der Waals surface area contributed by atoms with Crippen molar-refractivity contribution in [3.05, 3.63) is 17.6 Å². The van der Waals surface area contributed by atoms with Gasteiger partial charge in [-0.3, -0.25) is 4.68 Å². The molecule has 3 rings (SSSR count). The Morgan fingerprint density at radius 1 is 1.41 bits per heavy atom. The lowest BCUT2D eigenvalue weighted by molar-refractivity contribution is 0.00973. The fraction of sp³-hybridized carbons (Fsp3) is 0.462. The highest BCUT2D eigenvalue weighted by atomic mass is 32.1. The molecule has 3 aromatic heterocycles. The lowest BCUT2D eigenvalue weighted by Crippen LogP contribution is -2.21. The van der Waals surface area contributed by atoms with Crippen molar-refractivity contribution in [3.63, 3.8) is 0 Å². The molecule has 0 unspecified atom stereocenters. The Morgan fingerprint density at radius 2 is 2.14 bits per heavy atom. The highest BCUT2D eigenvalue weighted by Crippen LogP contribution is 2.37. The van der Waals surface area contributed by atoms with Crippen molar-refractivity contribution in [2.45, 2.75) is 25.9 Å². The van der Waals surface area contributed by atoms with E-state index in [1.165, 1.54) is 16.0 Å². The first kappa shape index (κ1) is 15.0.